The Morgan fingerprint density at radius 1 is 1.35 bits per heavy atom. The van der Waals surface area contributed by atoms with Crippen LogP contribution in [0.3, 0.4) is 0 Å². The van der Waals surface area contributed by atoms with Crippen LogP contribution in [-0.2, 0) is 4.79 Å². The Balaban J connectivity index is 2.62. The summed E-state index contributed by atoms with van der Waals surface area (Å²) in [5.74, 6) is 1.68. The number of rotatable bonds is 6. The van der Waals surface area contributed by atoms with Gasteiger partial charge in [0.2, 0.25) is 0 Å². The quantitative estimate of drug-likeness (QED) is 0.579. The molecule has 0 aromatic carbocycles. The van der Waals surface area contributed by atoms with Crippen LogP contribution in [0.5, 0.6) is 0 Å². The number of carbonyl (C=O) groups excluding carboxylic acids is 1. The first-order chi connectivity index (χ1) is 9.52. The Hall–Kier alpha value is -1.70. The van der Waals surface area contributed by atoms with E-state index in [9.17, 15) is 9.59 Å². The largest absolute Gasteiger partial charge is 0.481 e. The number of carboxylic acids is 1. The Labute approximate surface area is 120 Å². The minimum absolute atomic E-state index is 0.0152. The number of carbonyl (C=O) groups is 2. The zero-order valence-electron chi connectivity index (χ0n) is 12.2. The molecule has 112 valence electrons. The molecule has 0 saturated heterocycles. The van der Waals surface area contributed by atoms with Gasteiger partial charge in [0.25, 0.3) is 0 Å². The summed E-state index contributed by atoms with van der Waals surface area (Å²) in [5.41, 5.74) is -0.541. The summed E-state index contributed by atoms with van der Waals surface area (Å²) in [7, 11) is 1.70. The summed E-state index contributed by atoms with van der Waals surface area (Å²) in [6, 6.07) is -0.204. The first kappa shape index (κ1) is 16.4. The third-order valence-corrected chi connectivity index (χ3v) is 4.05. The van der Waals surface area contributed by atoms with Gasteiger partial charge in [0.15, 0.2) is 0 Å². The fourth-order valence-electron chi connectivity index (χ4n) is 2.84. The summed E-state index contributed by atoms with van der Waals surface area (Å²) in [6.07, 6.45) is 11.1. The molecule has 2 N–H and O–H groups in total. The van der Waals surface area contributed by atoms with E-state index in [1.807, 2.05) is 0 Å². The number of hydrogen-bond donors (Lipinski definition) is 2. The van der Waals surface area contributed by atoms with Crippen LogP contribution in [0.1, 0.15) is 51.4 Å². The first-order valence-corrected chi connectivity index (χ1v) is 7.19. The zero-order chi connectivity index (χ0) is 15.0. The molecule has 1 fully saturated rings. The smallest absolute Gasteiger partial charge is 0.317 e. The van der Waals surface area contributed by atoms with Crippen LogP contribution < -0.4 is 5.32 Å². The van der Waals surface area contributed by atoms with E-state index < -0.39 is 11.5 Å². The van der Waals surface area contributed by atoms with Gasteiger partial charge < -0.3 is 15.3 Å². The van der Waals surface area contributed by atoms with Gasteiger partial charge in [0.1, 0.15) is 0 Å². The number of urea groups is 1. The molecule has 2 amide bonds. The molecule has 0 bridgehead atoms. The average Bonchev–Trinajstić information content (AvgIpc) is 2.42. The van der Waals surface area contributed by atoms with Crippen LogP contribution in [0, 0.1) is 12.3 Å². The van der Waals surface area contributed by atoms with Crippen molar-refractivity contribution in [2.45, 2.75) is 56.9 Å². The second kappa shape index (κ2) is 7.78. The third kappa shape index (κ3) is 4.44. The van der Waals surface area contributed by atoms with Gasteiger partial charge in [-0.2, -0.15) is 0 Å². The fourth-order valence-corrected chi connectivity index (χ4v) is 2.84. The minimum atomic E-state index is -0.848. The van der Waals surface area contributed by atoms with Crippen molar-refractivity contribution >= 4 is 12.0 Å². The lowest BCUT2D eigenvalue weighted by Gasteiger charge is -2.43. The number of hydrogen-bond acceptors (Lipinski definition) is 2. The molecular formula is C15H24N2O3. The molecule has 5 heteroatoms. The van der Waals surface area contributed by atoms with Crippen molar-refractivity contribution in [2.24, 2.45) is 0 Å². The number of aliphatic carboxylic acids is 1. The number of terminal acetylenes is 1. The van der Waals surface area contributed by atoms with E-state index in [4.69, 9.17) is 11.5 Å². The van der Waals surface area contributed by atoms with Crippen molar-refractivity contribution in [2.75, 3.05) is 13.6 Å². The number of nitrogens with zero attached hydrogens (tertiary/aromatic N) is 1. The molecule has 5 nitrogen and oxygen atoms in total. The van der Waals surface area contributed by atoms with Crippen LogP contribution >= 0.6 is 0 Å². The topological polar surface area (TPSA) is 69.6 Å². The predicted octanol–water partition coefficient (Wildman–Crippen LogP) is 2.22. The van der Waals surface area contributed by atoms with E-state index in [0.717, 1.165) is 38.5 Å². The highest BCUT2D eigenvalue weighted by molar-refractivity contribution is 5.76. The van der Waals surface area contributed by atoms with E-state index in [1.165, 1.54) is 0 Å². The normalized spacial score (nSPS) is 17.0. The average molecular weight is 280 g/mol. The molecule has 1 aliphatic carbocycles. The zero-order valence-corrected chi connectivity index (χ0v) is 12.2. The second-order valence-corrected chi connectivity index (χ2v) is 5.45. The molecule has 0 radical (unpaired) electrons. The van der Waals surface area contributed by atoms with Crippen molar-refractivity contribution in [3.8, 4) is 12.3 Å². The Bertz CT molecular complexity index is 381. The fraction of sp³-hybridized carbons (Fsp3) is 0.733. The van der Waals surface area contributed by atoms with E-state index in [2.05, 4.69) is 11.2 Å². The first-order valence-electron chi connectivity index (χ1n) is 7.19. The molecule has 20 heavy (non-hydrogen) atoms. The Morgan fingerprint density at radius 3 is 2.55 bits per heavy atom. The lowest BCUT2D eigenvalue weighted by Crippen LogP contribution is -2.55. The van der Waals surface area contributed by atoms with Crippen molar-refractivity contribution in [3.05, 3.63) is 0 Å². The molecule has 1 saturated carbocycles. The van der Waals surface area contributed by atoms with E-state index >= 15 is 0 Å². The SMILES string of the molecule is C#CCCCNC(=O)N(C)C1(CC(=O)O)CCCCC1. The van der Waals surface area contributed by atoms with Gasteiger partial charge in [-0.3, -0.25) is 4.79 Å². The highest BCUT2D eigenvalue weighted by Crippen LogP contribution is 2.35. The van der Waals surface area contributed by atoms with Gasteiger partial charge in [0.05, 0.1) is 12.0 Å². The maximum absolute atomic E-state index is 12.2. The van der Waals surface area contributed by atoms with Crippen LogP contribution in [0.2, 0.25) is 0 Å². The number of nitrogens with one attached hydrogen (secondary N) is 1. The van der Waals surface area contributed by atoms with Crippen LogP contribution in [0.25, 0.3) is 0 Å². The molecule has 0 aromatic heterocycles. The van der Waals surface area contributed by atoms with Crippen LogP contribution in [-0.4, -0.2) is 41.1 Å². The highest BCUT2D eigenvalue weighted by Gasteiger charge is 2.40. The Morgan fingerprint density at radius 2 is 2.00 bits per heavy atom. The van der Waals surface area contributed by atoms with E-state index in [0.29, 0.717) is 13.0 Å². The predicted molar refractivity (Wildman–Crippen MR) is 77.3 cm³/mol. The maximum Gasteiger partial charge on any atom is 0.317 e. The number of unbranched alkanes of at least 4 members (excludes halogenated alkanes) is 1. The standard InChI is InChI=1S/C15H24N2O3/c1-3-4-8-11-16-14(20)17(2)15(12-13(18)19)9-6-5-7-10-15/h1H,4-12H2,2H3,(H,16,20)(H,18,19). The molecule has 0 aliphatic heterocycles. The van der Waals surface area contributed by atoms with Crippen LogP contribution in [0.15, 0.2) is 0 Å². The molecule has 0 aromatic rings. The van der Waals surface area contributed by atoms with Crippen molar-refractivity contribution < 1.29 is 14.7 Å². The second-order valence-electron chi connectivity index (χ2n) is 5.45. The molecule has 0 unspecified atom stereocenters. The van der Waals surface area contributed by atoms with Gasteiger partial charge in [0, 0.05) is 20.0 Å². The summed E-state index contributed by atoms with van der Waals surface area (Å²) in [5, 5.41) is 11.9. The maximum atomic E-state index is 12.2. The summed E-state index contributed by atoms with van der Waals surface area (Å²) < 4.78 is 0. The summed E-state index contributed by atoms with van der Waals surface area (Å²) in [6.45, 7) is 0.524. The lowest BCUT2D eigenvalue weighted by molar-refractivity contribution is -0.140. The molecule has 1 aliphatic rings. The van der Waals surface area contributed by atoms with E-state index in [1.54, 1.807) is 11.9 Å². The van der Waals surface area contributed by atoms with Gasteiger partial charge in [-0.1, -0.05) is 19.3 Å². The van der Waals surface area contributed by atoms with Gasteiger partial charge >= 0.3 is 12.0 Å². The molecule has 1 rings (SSSR count). The summed E-state index contributed by atoms with van der Waals surface area (Å²) in [4.78, 5) is 24.9. The summed E-state index contributed by atoms with van der Waals surface area (Å²) >= 11 is 0. The van der Waals surface area contributed by atoms with Crippen LogP contribution in [0.4, 0.5) is 4.79 Å². The monoisotopic (exact) mass is 280 g/mol. The Kier molecular flexibility index (Phi) is 6.37. The van der Waals surface area contributed by atoms with Gasteiger partial charge in [-0.25, -0.2) is 4.79 Å². The highest BCUT2D eigenvalue weighted by atomic mass is 16.4. The van der Waals surface area contributed by atoms with Gasteiger partial charge in [-0.05, 0) is 19.3 Å². The number of amides is 2. The number of carboxylic acid groups (broad SMARTS) is 1. The molecule has 0 spiro atoms. The van der Waals surface area contributed by atoms with E-state index in [-0.39, 0.29) is 12.5 Å². The van der Waals surface area contributed by atoms with Crippen molar-refractivity contribution in [1.29, 1.82) is 0 Å². The molecule has 0 heterocycles. The third-order valence-electron chi connectivity index (χ3n) is 4.05. The minimum Gasteiger partial charge on any atom is -0.481 e. The van der Waals surface area contributed by atoms with Crippen molar-refractivity contribution in [3.63, 3.8) is 0 Å². The molecular weight excluding hydrogens is 256 g/mol. The molecule has 0 atom stereocenters. The van der Waals surface area contributed by atoms with Crippen molar-refractivity contribution in [1.82, 2.24) is 10.2 Å². The van der Waals surface area contributed by atoms with Gasteiger partial charge in [-0.15, -0.1) is 12.3 Å². The lowest BCUT2D eigenvalue weighted by atomic mass is 9.78.